The van der Waals surface area contributed by atoms with Crippen molar-refractivity contribution in [1.82, 2.24) is 10.2 Å². The Kier molecular flexibility index (Phi) is 9.92. The van der Waals surface area contributed by atoms with Crippen LogP contribution < -0.4 is 15.5 Å². The summed E-state index contributed by atoms with van der Waals surface area (Å²) in [6.07, 6.45) is -0.740. The first-order valence-corrected chi connectivity index (χ1v) is 15.0. The number of urea groups is 1. The molecule has 3 aromatic carbocycles. The van der Waals surface area contributed by atoms with Gasteiger partial charge in [0.05, 0.1) is 24.2 Å². The van der Waals surface area contributed by atoms with E-state index in [1.807, 2.05) is 12.1 Å². The largest absolute Gasteiger partial charge is 0.479 e. The van der Waals surface area contributed by atoms with E-state index in [1.165, 1.54) is 34.7 Å². The van der Waals surface area contributed by atoms with E-state index in [1.54, 1.807) is 24.3 Å². The van der Waals surface area contributed by atoms with Crippen LogP contribution in [0, 0.1) is 0 Å². The van der Waals surface area contributed by atoms with Crippen LogP contribution in [0.4, 0.5) is 33.7 Å². The van der Waals surface area contributed by atoms with Crippen molar-refractivity contribution in [3.05, 3.63) is 101 Å². The number of carbonyl (C=O) groups excluding carboxylic acids is 4. The number of allylic oxidation sites excluding steroid dienone is 2. The average Bonchev–Trinajstić information content (AvgIpc) is 3.29. The van der Waals surface area contributed by atoms with Crippen LogP contribution >= 0.6 is 0 Å². The van der Waals surface area contributed by atoms with Gasteiger partial charge in [-0.05, 0) is 84.8 Å². The molecule has 14 heteroatoms. The number of fused-ring (bicyclic) bond motifs is 1. The van der Waals surface area contributed by atoms with Gasteiger partial charge in [-0.2, -0.15) is 13.2 Å². The number of alkyl halides is 4. The van der Waals surface area contributed by atoms with E-state index in [2.05, 4.69) is 16.7 Å². The Balaban J connectivity index is 1.37. The summed E-state index contributed by atoms with van der Waals surface area (Å²) in [5.41, 5.74) is 3.01. The van der Waals surface area contributed by atoms with Crippen molar-refractivity contribution in [3.8, 4) is 0 Å². The summed E-state index contributed by atoms with van der Waals surface area (Å²) in [4.78, 5) is 63.4. The SMILES string of the molecule is O=C(NCC(F)C(=O)O)c1ccc(CN(C(=O)Nc2ccc3c(c2)C(=O)N(CC(F)(F)F)C3=O)c2ccc(C3=CCCCC3)cc2)cc1. The standard InChI is InChI=1S/C34H30F4N4O6/c35-28(32(46)47)17-39-29(43)23-8-6-20(7-9-23)18-41(25-13-10-22(11-14-25)21-4-2-1-3-5-21)33(48)40-24-12-15-26-27(16-24)31(45)42(30(26)44)19-34(36,37)38/h4,6-16,28H,1-3,5,17-19H2,(H,39,43)(H,40,48)(H,46,47). The number of imide groups is 1. The van der Waals surface area contributed by atoms with Crippen molar-refractivity contribution in [3.63, 3.8) is 0 Å². The summed E-state index contributed by atoms with van der Waals surface area (Å²) in [7, 11) is 0. The van der Waals surface area contributed by atoms with Crippen LogP contribution in [0.2, 0.25) is 0 Å². The number of carboxylic acids is 1. The van der Waals surface area contributed by atoms with Crippen molar-refractivity contribution in [2.45, 2.75) is 44.6 Å². The Labute approximate surface area is 272 Å². The molecule has 0 fully saturated rings. The fourth-order valence-electron chi connectivity index (χ4n) is 5.43. The highest BCUT2D eigenvalue weighted by Crippen LogP contribution is 2.31. The molecule has 3 N–H and O–H groups in total. The molecule has 0 aromatic heterocycles. The third kappa shape index (κ3) is 7.88. The fraction of sp³-hybridized carbons (Fsp3) is 0.265. The number of benzene rings is 3. The van der Waals surface area contributed by atoms with E-state index in [0.717, 1.165) is 37.3 Å². The lowest BCUT2D eigenvalue weighted by molar-refractivity contribution is -0.142. The Bertz CT molecular complexity index is 1770. The number of carboxylic acid groups (broad SMARTS) is 1. The Morgan fingerprint density at radius 2 is 1.60 bits per heavy atom. The second-order valence-electron chi connectivity index (χ2n) is 11.3. The number of hydrogen-bond donors (Lipinski definition) is 3. The van der Waals surface area contributed by atoms with Crippen molar-refractivity contribution < 1.29 is 46.6 Å². The molecule has 0 spiro atoms. The third-order valence-electron chi connectivity index (χ3n) is 7.91. The molecule has 1 unspecified atom stereocenters. The number of hydrogen-bond acceptors (Lipinski definition) is 5. The molecule has 0 bridgehead atoms. The van der Waals surface area contributed by atoms with Gasteiger partial charge in [-0.1, -0.05) is 30.3 Å². The van der Waals surface area contributed by atoms with Crippen LogP contribution in [0.3, 0.4) is 0 Å². The highest BCUT2D eigenvalue weighted by Gasteiger charge is 2.42. The van der Waals surface area contributed by atoms with Crippen molar-refractivity contribution in [1.29, 1.82) is 0 Å². The first kappa shape index (κ1) is 33.8. The Morgan fingerprint density at radius 1 is 0.917 bits per heavy atom. The summed E-state index contributed by atoms with van der Waals surface area (Å²) in [5.74, 6) is -4.59. The van der Waals surface area contributed by atoms with Gasteiger partial charge in [-0.3, -0.25) is 24.2 Å². The van der Waals surface area contributed by atoms with Crippen LogP contribution in [0.15, 0.2) is 72.8 Å². The summed E-state index contributed by atoms with van der Waals surface area (Å²) in [5, 5.41) is 13.5. The molecule has 1 aliphatic heterocycles. The minimum atomic E-state index is -4.78. The molecule has 5 amide bonds. The van der Waals surface area contributed by atoms with Gasteiger partial charge >= 0.3 is 18.2 Å². The van der Waals surface area contributed by atoms with E-state index >= 15 is 0 Å². The lowest BCUT2D eigenvalue weighted by atomic mass is 9.93. The van der Waals surface area contributed by atoms with Gasteiger partial charge in [0, 0.05) is 16.9 Å². The van der Waals surface area contributed by atoms with Gasteiger partial charge in [0.25, 0.3) is 17.7 Å². The molecule has 10 nitrogen and oxygen atoms in total. The number of carbonyl (C=O) groups is 5. The van der Waals surface area contributed by atoms with Gasteiger partial charge in [0.2, 0.25) is 6.17 Å². The zero-order valence-electron chi connectivity index (χ0n) is 25.4. The number of nitrogens with zero attached hydrogens (tertiary/aromatic N) is 2. The first-order chi connectivity index (χ1) is 22.8. The molecule has 2 aliphatic rings. The van der Waals surface area contributed by atoms with Crippen LogP contribution in [-0.2, 0) is 11.3 Å². The number of aliphatic carboxylic acids is 1. The van der Waals surface area contributed by atoms with Gasteiger partial charge in [0.15, 0.2) is 0 Å². The highest BCUT2D eigenvalue weighted by molar-refractivity contribution is 6.22. The maximum absolute atomic E-state index is 13.7. The number of nitrogens with one attached hydrogen (secondary N) is 2. The second-order valence-corrected chi connectivity index (χ2v) is 11.3. The van der Waals surface area contributed by atoms with Gasteiger partial charge in [-0.25, -0.2) is 14.0 Å². The first-order valence-electron chi connectivity index (χ1n) is 15.0. The van der Waals surface area contributed by atoms with E-state index in [4.69, 9.17) is 5.11 Å². The quantitative estimate of drug-likeness (QED) is 0.174. The number of amides is 5. The maximum atomic E-state index is 13.7. The van der Waals surface area contributed by atoms with E-state index in [0.29, 0.717) is 11.3 Å². The predicted octanol–water partition coefficient (Wildman–Crippen LogP) is 6.19. The van der Waals surface area contributed by atoms with Crippen molar-refractivity contribution in [2.24, 2.45) is 0 Å². The molecule has 48 heavy (non-hydrogen) atoms. The smallest absolute Gasteiger partial charge is 0.406 e. The molecule has 0 saturated heterocycles. The van der Waals surface area contributed by atoms with Crippen LogP contribution in [-0.4, -0.2) is 65.2 Å². The van der Waals surface area contributed by atoms with Gasteiger partial charge < -0.3 is 15.7 Å². The molecule has 250 valence electrons. The fourth-order valence-corrected chi connectivity index (χ4v) is 5.43. The molecule has 1 atom stereocenters. The molecule has 0 radical (unpaired) electrons. The van der Waals surface area contributed by atoms with E-state index < -0.39 is 55.2 Å². The monoisotopic (exact) mass is 666 g/mol. The van der Waals surface area contributed by atoms with Crippen molar-refractivity contribution >= 4 is 46.7 Å². The number of anilines is 2. The molecule has 1 aliphatic carbocycles. The molecular formula is C34H30F4N4O6. The molecule has 1 heterocycles. The minimum absolute atomic E-state index is 0.0109. The minimum Gasteiger partial charge on any atom is -0.479 e. The zero-order valence-corrected chi connectivity index (χ0v) is 25.4. The van der Waals surface area contributed by atoms with Crippen LogP contribution in [0.5, 0.6) is 0 Å². The Hall–Kier alpha value is -5.53. The molecule has 0 saturated carbocycles. The van der Waals surface area contributed by atoms with Crippen LogP contribution in [0.25, 0.3) is 5.57 Å². The van der Waals surface area contributed by atoms with Gasteiger partial charge in [-0.15, -0.1) is 0 Å². The van der Waals surface area contributed by atoms with E-state index in [-0.39, 0.29) is 33.8 Å². The summed E-state index contributed by atoms with van der Waals surface area (Å²) in [6.45, 7) is -2.45. The van der Waals surface area contributed by atoms with Gasteiger partial charge in [0.1, 0.15) is 6.54 Å². The lowest BCUT2D eigenvalue weighted by Crippen LogP contribution is -2.38. The summed E-state index contributed by atoms with van der Waals surface area (Å²) < 4.78 is 52.3. The topological polar surface area (TPSA) is 136 Å². The molecular weight excluding hydrogens is 636 g/mol. The molecule has 3 aromatic rings. The predicted molar refractivity (Wildman–Crippen MR) is 167 cm³/mol. The Morgan fingerprint density at radius 3 is 2.23 bits per heavy atom. The summed E-state index contributed by atoms with van der Waals surface area (Å²) >= 11 is 0. The lowest BCUT2D eigenvalue weighted by Gasteiger charge is -2.24. The van der Waals surface area contributed by atoms with Crippen molar-refractivity contribution in [2.75, 3.05) is 23.3 Å². The third-order valence-corrected chi connectivity index (χ3v) is 7.91. The molecule has 5 rings (SSSR count). The normalized spacial score (nSPS) is 15.0. The summed E-state index contributed by atoms with van der Waals surface area (Å²) in [6, 6.07) is 16.3. The van der Waals surface area contributed by atoms with Crippen LogP contribution in [0.1, 0.15) is 67.9 Å². The van der Waals surface area contributed by atoms with E-state index in [9.17, 15) is 41.5 Å². The second kappa shape index (κ2) is 14.1. The maximum Gasteiger partial charge on any atom is 0.406 e. The number of halogens is 4. The zero-order chi connectivity index (χ0) is 34.6. The highest BCUT2D eigenvalue weighted by atomic mass is 19.4. The number of rotatable bonds is 10. The average molecular weight is 667 g/mol.